The molecule has 6 amide bonds. The highest BCUT2D eigenvalue weighted by molar-refractivity contribution is 5.98. The van der Waals surface area contributed by atoms with Gasteiger partial charge >= 0.3 is 36.0 Å². The number of amides is 6. The van der Waals surface area contributed by atoms with Crippen molar-refractivity contribution in [1.29, 1.82) is 0 Å². The second-order valence-electron chi connectivity index (χ2n) is 30.8. The number of carbonyl (C=O) groups is 6. The topological polar surface area (TPSA) is 497 Å². The van der Waals surface area contributed by atoms with Crippen LogP contribution in [0.2, 0.25) is 0 Å². The Hall–Kier alpha value is -14.0. The van der Waals surface area contributed by atoms with Crippen molar-refractivity contribution in [2.45, 2.75) is 133 Å². The van der Waals surface area contributed by atoms with Crippen molar-refractivity contribution < 1.29 is 82.0 Å². The minimum Gasteiger partial charge on any atom is -0.478 e. The van der Waals surface area contributed by atoms with Crippen LogP contribution in [0.5, 0.6) is 0 Å². The van der Waals surface area contributed by atoms with Gasteiger partial charge in [0.15, 0.2) is 82.3 Å². The first-order valence-electron chi connectivity index (χ1n) is 41.9. The van der Waals surface area contributed by atoms with Crippen molar-refractivity contribution in [3.63, 3.8) is 0 Å². The molecule has 0 spiro atoms. The van der Waals surface area contributed by atoms with Crippen LogP contribution in [0.4, 0.5) is 31.8 Å². The summed E-state index contributed by atoms with van der Waals surface area (Å²) in [5.41, 5.74) is 7.53. The van der Waals surface area contributed by atoms with Gasteiger partial charge < -0.3 is 79.0 Å². The van der Waals surface area contributed by atoms with Crippen LogP contribution in [0, 0.1) is 5.92 Å². The molecule has 14 heterocycles. The average molecular weight is 1760 g/mol. The van der Waals surface area contributed by atoms with Crippen molar-refractivity contribution in [2.75, 3.05) is 69.3 Å². The van der Waals surface area contributed by atoms with Gasteiger partial charge in [0.1, 0.15) is 61.7 Å². The molecular weight excluding hydrogens is 1670 g/mol. The van der Waals surface area contributed by atoms with Crippen LogP contribution in [-0.4, -0.2) is 249 Å². The molecule has 0 bridgehead atoms. The van der Waals surface area contributed by atoms with Crippen molar-refractivity contribution in [3.05, 3.63) is 247 Å². The fraction of sp³-hybridized carbons (Fsp3) is 0.341. The fourth-order valence-electron chi connectivity index (χ4n) is 16.4. The maximum absolute atomic E-state index is 12.2. The van der Waals surface area contributed by atoms with Crippen LogP contribution in [0.25, 0.3) is 45.6 Å². The Bertz CT molecular complexity index is 6020. The Kier molecular flexibility index (Phi) is 28.0. The quantitative estimate of drug-likeness (QED) is 0.0209. The SMILES string of the molecule is CCNC(=O)Nc1ncnc2c1ncn2C1CC(CNCc2ncccc2C(=O)O)C2O[C@H](/C=C/c3ccccc3)OC21.CCNC(=O)Nc1ncnc2c1ncn2C1OC(CN(C)Cc2ncccc2C(=O)O)C2O[C@H](/C=C/c3ccccc3)OC21.CCNC(=O)Nc1ncnc2c1ncn2C1OC(CN(C)Cc2ncccc2C(=O)O)C2O[C@H](c3ccccc3)OC21. The predicted octanol–water partition coefficient (Wildman–Crippen LogP) is 8.72. The molecule has 6 aliphatic rings. The van der Waals surface area contributed by atoms with Crippen molar-refractivity contribution >= 4 is 99.1 Å². The second kappa shape index (κ2) is 40.8. The summed E-state index contributed by atoms with van der Waals surface area (Å²) < 4.78 is 57.1. The van der Waals surface area contributed by atoms with E-state index in [0.717, 1.165) is 16.7 Å². The Morgan fingerprint density at radius 3 is 1.27 bits per heavy atom. The van der Waals surface area contributed by atoms with E-state index in [9.17, 15) is 44.1 Å². The Morgan fingerprint density at radius 2 is 0.814 bits per heavy atom. The number of likely N-dealkylation sites (N-methyl/N-ethyl adjacent to an activating group) is 2. The fourth-order valence-corrected chi connectivity index (χ4v) is 16.4. The standard InChI is InChI=1S/C30H32N8O6.C30H32N8O5.C28H30N8O6/c1-3-31-30(41)36-26-23-27(34-16-33-26)38(17-35-23)28-25-24(43-22(44-25)12-11-18-8-5-4-6-9-18)21(42-28)15-37(2)14-20-19(29(39)40)10-7-13-32-20;1-2-32-30(41)37-27-24-28(35-16-34-27)38(17-36-24)22-13-19(14-31-15-21-20(29(39)40)9-6-12-33-21)25-26(22)43-23(42-25)11-10-18-7-4-3-5-8-18;1-3-29-28(39)34-23-20-24(32-14-31-23)36(15-33-20)25-22-21(41-27(42-22)16-8-5-4-6-9-16)19(40-25)13-35(2)12-18-17(26(37)38)10-7-11-30-18/h4-13,16-17,21-22,24-25,28H,3,14-15H2,1-2H3,(H,39,40)(H2,31,33,34,36,41);3-12,16-17,19,22-23,25-26,31H,2,13-15H2,1H3,(H,39,40)(H2,32,34,35,37,41);4-11,14-15,19,21-22,25,27H,3,12-13H2,1-2H3,(H,37,38)(H2,29,31,32,34,39)/b12-11+;11-10+;/t21?,22-,24?,25?,28?;19?,22?,23-,25?,26?;19?,21?,22?,25?,27-/m000/s1. The largest absolute Gasteiger partial charge is 0.478 e. The lowest BCUT2D eigenvalue weighted by Crippen LogP contribution is -2.37. The number of carboxylic acids is 3. The minimum absolute atomic E-state index is 0.0364. The van der Waals surface area contributed by atoms with Crippen LogP contribution in [0.15, 0.2) is 196 Å². The van der Waals surface area contributed by atoms with E-state index in [1.54, 1.807) is 71.0 Å². The molecule has 1 aliphatic carbocycles. The summed E-state index contributed by atoms with van der Waals surface area (Å²) in [6.45, 7) is 9.11. The maximum Gasteiger partial charge on any atom is 0.337 e. The van der Waals surface area contributed by atoms with Gasteiger partial charge in [0.2, 0.25) is 0 Å². The zero-order valence-electron chi connectivity index (χ0n) is 70.5. The number of aromatic nitrogens is 15. The summed E-state index contributed by atoms with van der Waals surface area (Å²) in [6.07, 6.45) is 15.6. The van der Waals surface area contributed by atoms with Gasteiger partial charge in [-0.1, -0.05) is 103 Å². The number of fused-ring (bicyclic) bond motifs is 6. The molecular formula is C88H94N24O17. The van der Waals surface area contributed by atoms with Gasteiger partial charge in [-0.05, 0) is 101 Å². The zero-order chi connectivity index (χ0) is 89.6. The lowest BCUT2D eigenvalue weighted by atomic mass is 10.1. The lowest BCUT2D eigenvalue weighted by molar-refractivity contribution is -0.150. The molecule has 129 heavy (non-hydrogen) atoms. The van der Waals surface area contributed by atoms with Crippen LogP contribution in [-0.2, 0) is 57.5 Å². The summed E-state index contributed by atoms with van der Waals surface area (Å²) in [4.78, 5) is 128. The van der Waals surface area contributed by atoms with Crippen LogP contribution in [0.3, 0.4) is 0 Å². The number of carboxylic acid groups (broad SMARTS) is 3. The van der Waals surface area contributed by atoms with Gasteiger partial charge in [0.25, 0.3) is 0 Å². The number of aromatic carboxylic acids is 3. The molecule has 10 N–H and O–H groups in total. The number of hydrogen-bond acceptors (Lipinski definition) is 29. The van der Waals surface area contributed by atoms with Gasteiger partial charge in [-0.15, -0.1) is 0 Å². The molecule has 15 atom stereocenters. The Balaban J connectivity index is 0.000000142. The third-order valence-corrected chi connectivity index (χ3v) is 22.1. The van der Waals surface area contributed by atoms with Crippen LogP contribution in [0.1, 0.15) is 117 Å². The van der Waals surface area contributed by atoms with E-state index in [0.29, 0.717) is 122 Å². The number of urea groups is 3. The summed E-state index contributed by atoms with van der Waals surface area (Å²) >= 11 is 0. The second-order valence-corrected chi connectivity index (χ2v) is 30.8. The lowest BCUT2D eigenvalue weighted by Gasteiger charge is -2.25. The molecule has 18 rings (SSSR count). The van der Waals surface area contributed by atoms with Crippen LogP contribution >= 0.6 is 0 Å². The number of nitrogens with one attached hydrogen (secondary N) is 7. The molecule has 3 aromatic carbocycles. The number of rotatable bonds is 29. The molecule has 9 aromatic heterocycles. The highest BCUT2D eigenvalue weighted by Gasteiger charge is 2.56. The first-order valence-corrected chi connectivity index (χ1v) is 41.9. The molecule has 12 aromatic rings. The normalized spacial score (nSPS) is 23.1. The van der Waals surface area contributed by atoms with Crippen molar-refractivity contribution in [3.8, 4) is 0 Å². The van der Waals surface area contributed by atoms with E-state index >= 15 is 0 Å². The third kappa shape index (κ3) is 20.4. The highest BCUT2D eigenvalue weighted by atomic mass is 16.8. The van der Waals surface area contributed by atoms with E-state index in [1.165, 1.54) is 31.1 Å². The highest BCUT2D eigenvalue weighted by Crippen LogP contribution is 2.48. The first-order chi connectivity index (χ1) is 62.8. The van der Waals surface area contributed by atoms with E-state index in [1.807, 2.05) is 165 Å². The van der Waals surface area contributed by atoms with E-state index in [2.05, 4.69) is 97.0 Å². The number of hydrogen-bond donors (Lipinski definition) is 10. The number of anilines is 3. The number of imidazole rings is 3. The Morgan fingerprint density at radius 1 is 0.426 bits per heavy atom. The van der Waals surface area contributed by atoms with Gasteiger partial charge in [0.05, 0.1) is 64.9 Å². The molecule has 12 unspecified atom stereocenters. The number of ether oxygens (including phenoxy) is 8. The first kappa shape index (κ1) is 88.5. The average Bonchev–Trinajstić information content (AvgIpc) is 1.62. The molecule has 6 fully saturated rings. The van der Waals surface area contributed by atoms with Gasteiger partial charge in [0, 0.05) is 89.0 Å². The van der Waals surface area contributed by atoms with Crippen molar-refractivity contribution in [2.24, 2.45) is 5.92 Å². The summed E-state index contributed by atoms with van der Waals surface area (Å²) in [6, 6.07) is 37.5. The molecule has 0 radical (unpaired) electrons. The summed E-state index contributed by atoms with van der Waals surface area (Å²) in [5.74, 6) is -2.19. The van der Waals surface area contributed by atoms with Crippen LogP contribution < -0.4 is 37.2 Å². The molecule has 668 valence electrons. The summed E-state index contributed by atoms with van der Waals surface area (Å²) in [7, 11) is 3.74. The molecule has 1 saturated carbocycles. The van der Waals surface area contributed by atoms with E-state index in [-0.39, 0.29) is 58.5 Å². The summed E-state index contributed by atoms with van der Waals surface area (Å²) in [5, 5.41) is 48.3. The number of benzene rings is 3. The van der Waals surface area contributed by atoms with Gasteiger partial charge in [-0.25, -0.2) is 73.6 Å². The monoisotopic (exact) mass is 1760 g/mol. The maximum atomic E-state index is 12.2. The minimum atomic E-state index is -1.03. The molecule has 41 nitrogen and oxygen atoms in total. The smallest absolute Gasteiger partial charge is 0.337 e. The van der Waals surface area contributed by atoms with Gasteiger partial charge in [-0.2, -0.15) is 0 Å². The van der Waals surface area contributed by atoms with E-state index in [4.69, 9.17) is 37.9 Å². The van der Waals surface area contributed by atoms with Crippen molar-refractivity contribution in [1.82, 2.24) is 105 Å². The number of carbonyl (C=O) groups excluding carboxylic acids is 3. The molecule has 5 saturated heterocycles. The Labute approximate surface area is 737 Å². The number of nitrogens with zero attached hydrogens (tertiary/aromatic N) is 17. The van der Waals surface area contributed by atoms with Gasteiger partial charge in [-0.3, -0.25) is 49.8 Å². The zero-order valence-corrected chi connectivity index (χ0v) is 70.5. The third-order valence-electron chi connectivity index (χ3n) is 22.1. The predicted molar refractivity (Wildman–Crippen MR) is 464 cm³/mol. The molecule has 5 aliphatic heterocycles. The van der Waals surface area contributed by atoms with E-state index < -0.39 is 97.9 Å². The number of pyridine rings is 3. The molecule has 41 heteroatoms.